The molecule has 0 fully saturated rings. The number of pyridine rings is 1. The van der Waals surface area contributed by atoms with E-state index in [2.05, 4.69) is 0 Å². The molecular weight excluding hydrogens is 269 g/mol. The number of rotatable bonds is 1. The Morgan fingerprint density at radius 2 is 1.81 bits per heavy atom. The summed E-state index contributed by atoms with van der Waals surface area (Å²) in [5, 5.41) is 0.911. The van der Waals surface area contributed by atoms with Gasteiger partial charge in [0.2, 0.25) is 0 Å². The molecule has 0 saturated carbocycles. The lowest BCUT2D eigenvalue weighted by Crippen LogP contribution is -2.21. The largest absolute Gasteiger partial charge is 0.492 e. The minimum absolute atomic E-state index is 0.0900. The summed E-state index contributed by atoms with van der Waals surface area (Å²) in [6.07, 6.45) is 0.611. The maximum Gasteiger partial charge on any atom is 0.262 e. The van der Waals surface area contributed by atoms with Crippen LogP contribution in [0, 0.1) is 5.82 Å². The van der Waals surface area contributed by atoms with Crippen molar-refractivity contribution in [2.75, 3.05) is 6.61 Å². The molecule has 1 aliphatic heterocycles. The third-order valence-electron chi connectivity index (χ3n) is 3.81. The van der Waals surface area contributed by atoms with Crippen molar-refractivity contribution < 1.29 is 9.13 Å². The Kier molecular flexibility index (Phi) is 2.57. The summed E-state index contributed by atoms with van der Waals surface area (Å²) in [5.41, 5.74) is 2.04. The minimum Gasteiger partial charge on any atom is -0.492 e. The van der Waals surface area contributed by atoms with Crippen LogP contribution in [0.1, 0.15) is 5.56 Å². The molecule has 21 heavy (non-hydrogen) atoms. The average molecular weight is 281 g/mol. The zero-order valence-electron chi connectivity index (χ0n) is 11.2. The first-order chi connectivity index (χ1) is 10.3. The lowest BCUT2D eigenvalue weighted by atomic mass is 10.1. The molecule has 0 saturated heterocycles. The molecule has 0 radical (unpaired) electrons. The van der Waals surface area contributed by atoms with E-state index in [9.17, 15) is 9.18 Å². The van der Waals surface area contributed by atoms with Crippen LogP contribution in [0.4, 0.5) is 4.39 Å². The van der Waals surface area contributed by atoms with Crippen molar-refractivity contribution in [2.24, 2.45) is 0 Å². The molecule has 4 heteroatoms. The van der Waals surface area contributed by atoms with Gasteiger partial charge in [-0.25, -0.2) is 4.39 Å². The third-order valence-corrected chi connectivity index (χ3v) is 3.81. The van der Waals surface area contributed by atoms with E-state index < -0.39 is 0 Å². The molecule has 0 bridgehead atoms. The van der Waals surface area contributed by atoms with Gasteiger partial charge in [-0.05, 0) is 36.4 Å². The predicted octanol–water partition coefficient (Wildman–Crippen LogP) is 3.06. The molecule has 0 unspecified atom stereocenters. The summed E-state index contributed by atoms with van der Waals surface area (Å²) in [7, 11) is 0. The minimum atomic E-state index is -0.319. The first kappa shape index (κ1) is 12.1. The summed E-state index contributed by atoms with van der Waals surface area (Å²) < 4.78 is 20.4. The lowest BCUT2D eigenvalue weighted by Gasteiger charge is -2.13. The maximum absolute atomic E-state index is 13.1. The van der Waals surface area contributed by atoms with Crippen LogP contribution in [0.2, 0.25) is 0 Å². The zero-order valence-corrected chi connectivity index (χ0v) is 11.2. The van der Waals surface area contributed by atoms with Gasteiger partial charge in [-0.15, -0.1) is 0 Å². The van der Waals surface area contributed by atoms with Crippen molar-refractivity contribution in [3.05, 3.63) is 70.3 Å². The highest BCUT2D eigenvalue weighted by Gasteiger charge is 2.22. The number of hydrogen-bond donors (Lipinski definition) is 0. The Morgan fingerprint density at radius 1 is 1.05 bits per heavy atom. The lowest BCUT2D eigenvalue weighted by molar-refractivity contribution is 0.360. The van der Waals surface area contributed by atoms with Gasteiger partial charge in [-0.2, -0.15) is 0 Å². The summed E-state index contributed by atoms with van der Waals surface area (Å²) in [6, 6.07) is 13.6. The average Bonchev–Trinajstić information content (AvgIpc) is 2.99. The second-order valence-electron chi connectivity index (χ2n) is 5.04. The smallest absolute Gasteiger partial charge is 0.262 e. The van der Waals surface area contributed by atoms with Gasteiger partial charge in [-0.3, -0.25) is 9.36 Å². The topological polar surface area (TPSA) is 31.2 Å². The van der Waals surface area contributed by atoms with Crippen LogP contribution in [0.25, 0.3) is 16.6 Å². The van der Waals surface area contributed by atoms with E-state index >= 15 is 0 Å². The van der Waals surface area contributed by atoms with E-state index in [1.807, 2.05) is 24.3 Å². The molecule has 0 amide bonds. The molecule has 3 aromatic rings. The van der Waals surface area contributed by atoms with Crippen LogP contribution < -0.4 is 10.3 Å². The Bertz CT molecular complexity index is 897. The molecule has 2 heterocycles. The van der Waals surface area contributed by atoms with Crippen molar-refractivity contribution in [3.63, 3.8) is 0 Å². The number of halogens is 1. The van der Waals surface area contributed by atoms with E-state index in [4.69, 9.17) is 4.74 Å². The van der Waals surface area contributed by atoms with Crippen LogP contribution in [-0.2, 0) is 6.42 Å². The van der Waals surface area contributed by atoms with Gasteiger partial charge in [0.1, 0.15) is 11.6 Å². The highest BCUT2D eigenvalue weighted by atomic mass is 19.1. The Balaban J connectivity index is 2.14. The SMILES string of the molecule is O=c1c2c(c3ccccc3n1-c1ccc(F)cc1)OCC2. The Hall–Kier alpha value is -2.62. The van der Waals surface area contributed by atoms with Crippen molar-refractivity contribution in [3.8, 4) is 11.4 Å². The molecule has 4 rings (SSSR count). The van der Waals surface area contributed by atoms with E-state index in [0.29, 0.717) is 30.0 Å². The highest BCUT2D eigenvalue weighted by molar-refractivity contribution is 5.88. The number of benzene rings is 2. The maximum atomic E-state index is 13.1. The summed E-state index contributed by atoms with van der Waals surface area (Å²) in [4.78, 5) is 12.7. The zero-order chi connectivity index (χ0) is 14.4. The molecule has 2 aromatic carbocycles. The molecule has 0 spiro atoms. The second kappa shape index (κ2) is 4.45. The molecule has 0 N–H and O–H groups in total. The van der Waals surface area contributed by atoms with Gasteiger partial charge in [-0.1, -0.05) is 12.1 Å². The van der Waals surface area contributed by atoms with Crippen molar-refractivity contribution in [1.29, 1.82) is 0 Å². The summed E-state index contributed by atoms with van der Waals surface area (Å²) >= 11 is 0. The summed E-state index contributed by atoms with van der Waals surface area (Å²) in [5.74, 6) is 0.370. The van der Waals surface area contributed by atoms with Gasteiger partial charge < -0.3 is 4.74 Å². The van der Waals surface area contributed by atoms with Crippen LogP contribution in [0.3, 0.4) is 0 Å². The fraction of sp³-hybridized carbons (Fsp3) is 0.118. The Morgan fingerprint density at radius 3 is 2.62 bits per heavy atom. The van der Waals surface area contributed by atoms with E-state index in [1.54, 1.807) is 16.7 Å². The monoisotopic (exact) mass is 281 g/mol. The van der Waals surface area contributed by atoms with Crippen LogP contribution in [0.5, 0.6) is 5.75 Å². The standard InChI is InChI=1S/C17H12FNO2/c18-11-5-7-12(8-6-11)19-15-4-2-1-3-13(15)16-14(17(19)20)9-10-21-16/h1-8H,9-10H2. The molecule has 1 aliphatic rings. The number of nitrogens with zero attached hydrogens (tertiary/aromatic N) is 1. The van der Waals surface area contributed by atoms with Gasteiger partial charge in [0.05, 0.1) is 17.7 Å². The number of fused-ring (bicyclic) bond motifs is 3. The number of hydrogen-bond acceptors (Lipinski definition) is 2. The van der Waals surface area contributed by atoms with Gasteiger partial charge >= 0.3 is 0 Å². The molecule has 0 aliphatic carbocycles. The molecule has 1 aromatic heterocycles. The van der Waals surface area contributed by atoms with E-state index in [0.717, 1.165) is 10.9 Å². The number of aromatic nitrogens is 1. The molecule has 104 valence electrons. The van der Waals surface area contributed by atoms with Crippen LogP contribution in [0.15, 0.2) is 53.3 Å². The van der Waals surface area contributed by atoms with Crippen LogP contribution in [-0.4, -0.2) is 11.2 Å². The van der Waals surface area contributed by atoms with E-state index in [-0.39, 0.29) is 11.4 Å². The van der Waals surface area contributed by atoms with Gasteiger partial charge in [0, 0.05) is 17.5 Å². The third kappa shape index (κ3) is 1.76. The first-order valence-electron chi connectivity index (χ1n) is 6.81. The van der Waals surface area contributed by atoms with Crippen molar-refractivity contribution in [2.45, 2.75) is 6.42 Å². The fourth-order valence-electron chi connectivity index (χ4n) is 2.85. The number of ether oxygens (including phenoxy) is 1. The normalized spacial score (nSPS) is 13.2. The van der Waals surface area contributed by atoms with Crippen molar-refractivity contribution >= 4 is 10.9 Å². The van der Waals surface area contributed by atoms with E-state index in [1.165, 1.54) is 12.1 Å². The number of para-hydroxylation sites is 1. The highest BCUT2D eigenvalue weighted by Crippen LogP contribution is 2.32. The van der Waals surface area contributed by atoms with Crippen LogP contribution >= 0.6 is 0 Å². The fourth-order valence-corrected chi connectivity index (χ4v) is 2.85. The summed E-state index contributed by atoms with van der Waals surface area (Å²) in [6.45, 7) is 0.530. The van der Waals surface area contributed by atoms with Crippen molar-refractivity contribution in [1.82, 2.24) is 4.57 Å². The second-order valence-corrected chi connectivity index (χ2v) is 5.04. The quantitative estimate of drug-likeness (QED) is 0.686. The predicted molar refractivity (Wildman–Crippen MR) is 78.7 cm³/mol. The molecule has 3 nitrogen and oxygen atoms in total. The first-order valence-corrected chi connectivity index (χ1v) is 6.81. The van der Waals surface area contributed by atoms with Gasteiger partial charge in [0.15, 0.2) is 0 Å². The molecular formula is C17H12FNO2. The van der Waals surface area contributed by atoms with Gasteiger partial charge in [0.25, 0.3) is 5.56 Å². The molecule has 0 atom stereocenters. The Labute approximate surface area is 120 Å².